The molecule has 2 aromatic carbocycles. The number of hydrogen-bond donors (Lipinski definition) is 1. The average molecular weight is 457 g/mol. The molecule has 0 bridgehead atoms. The highest BCUT2D eigenvalue weighted by molar-refractivity contribution is 9.10. The minimum atomic E-state index is -0.801. The maximum Gasteiger partial charge on any atom is 0.335 e. The number of carbonyl (C=O) groups is 3. The minimum absolute atomic E-state index is 0.172. The zero-order valence-electron chi connectivity index (χ0n) is 15.5. The van der Waals surface area contributed by atoms with Crippen molar-refractivity contribution in [3.8, 4) is 11.5 Å². The number of nitrogens with one attached hydrogen (secondary N) is 1. The number of imide groups is 2. The molecule has 148 valence electrons. The molecule has 2 aromatic rings. The second kappa shape index (κ2) is 8.74. The molecule has 3 rings (SSSR count). The largest absolute Gasteiger partial charge is 0.493 e. The molecule has 1 aliphatic heterocycles. The highest BCUT2D eigenvalue weighted by Crippen LogP contribution is 2.30. The van der Waals surface area contributed by atoms with Gasteiger partial charge in [-0.15, -0.1) is 0 Å². The maximum atomic E-state index is 12.9. The molecule has 0 saturated carbocycles. The van der Waals surface area contributed by atoms with Crippen molar-refractivity contribution in [2.45, 2.75) is 0 Å². The van der Waals surface area contributed by atoms with Gasteiger partial charge in [0.1, 0.15) is 12.2 Å². The van der Waals surface area contributed by atoms with Crippen LogP contribution in [-0.4, -0.2) is 31.6 Å². The first kappa shape index (κ1) is 20.3. The molecule has 0 radical (unpaired) electrons. The number of anilines is 1. The molecule has 8 heteroatoms. The van der Waals surface area contributed by atoms with Crippen LogP contribution in [0.4, 0.5) is 10.5 Å². The van der Waals surface area contributed by atoms with Gasteiger partial charge in [-0.1, -0.05) is 34.7 Å². The summed E-state index contributed by atoms with van der Waals surface area (Å²) in [6.07, 6.45) is 3.00. The summed E-state index contributed by atoms with van der Waals surface area (Å²) < 4.78 is 11.6. The van der Waals surface area contributed by atoms with Gasteiger partial charge in [0.05, 0.1) is 12.8 Å². The first-order chi connectivity index (χ1) is 13.9. The van der Waals surface area contributed by atoms with E-state index in [0.29, 0.717) is 29.4 Å². The Labute approximate surface area is 175 Å². The van der Waals surface area contributed by atoms with Gasteiger partial charge in [-0.3, -0.25) is 14.9 Å². The average Bonchev–Trinajstić information content (AvgIpc) is 2.71. The topological polar surface area (TPSA) is 84.9 Å². The number of rotatable bonds is 6. The molecule has 0 atom stereocenters. The van der Waals surface area contributed by atoms with Gasteiger partial charge in [0.15, 0.2) is 11.5 Å². The Kier molecular flexibility index (Phi) is 6.13. The van der Waals surface area contributed by atoms with E-state index in [4.69, 9.17) is 9.47 Å². The molecule has 1 saturated heterocycles. The van der Waals surface area contributed by atoms with Crippen molar-refractivity contribution >= 4 is 45.5 Å². The molecule has 0 aliphatic carbocycles. The second-order valence-electron chi connectivity index (χ2n) is 5.94. The third-order valence-corrected chi connectivity index (χ3v) is 4.57. The molecule has 7 nitrogen and oxygen atoms in total. The van der Waals surface area contributed by atoms with E-state index >= 15 is 0 Å². The van der Waals surface area contributed by atoms with Crippen molar-refractivity contribution in [1.82, 2.24) is 5.32 Å². The highest BCUT2D eigenvalue weighted by Gasteiger charge is 2.36. The zero-order valence-corrected chi connectivity index (χ0v) is 17.1. The molecule has 1 fully saturated rings. The van der Waals surface area contributed by atoms with Crippen LogP contribution in [0.25, 0.3) is 6.08 Å². The predicted octanol–water partition coefficient (Wildman–Crippen LogP) is 3.69. The molecule has 1 heterocycles. The van der Waals surface area contributed by atoms with Crippen LogP contribution in [-0.2, 0) is 9.59 Å². The molecule has 29 heavy (non-hydrogen) atoms. The van der Waals surface area contributed by atoms with Gasteiger partial charge in [-0.2, -0.15) is 0 Å². The van der Waals surface area contributed by atoms with Gasteiger partial charge in [-0.25, -0.2) is 9.69 Å². The van der Waals surface area contributed by atoms with E-state index in [0.717, 1.165) is 9.37 Å². The van der Waals surface area contributed by atoms with E-state index in [-0.39, 0.29) is 5.57 Å². The summed E-state index contributed by atoms with van der Waals surface area (Å²) in [5.41, 5.74) is 0.714. The van der Waals surface area contributed by atoms with Crippen LogP contribution in [0.3, 0.4) is 0 Å². The number of nitrogens with zero attached hydrogens (tertiary/aromatic N) is 1. The number of methoxy groups -OCH3 is 1. The lowest BCUT2D eigenvalue weighted by atomic mass is 10.1. The number of barbiturate groups is 1. The van der Waals surface area contributed by atoms with E-state index in [1.165, 1.54) is 13.2 Å². The quantitative estimate of drug-likeness (QED) is 0.407. The Balaban J connectivity index is 1.96. The number of carbonyl (C=O) groups excluding carboxylic acids is 3. The number of hydrogen-bond acceptors (Lipinski definition) is 5. The van der Waals surface area contributed by atoms with Crippen molar-refractivity contribution in [2.24, 2.45) is 0 Å². The van der Waals surface area contributed by atoms with Crippen LogP contribution in [0.1, 0.15) is 5.56 Å². The molecule has 0 spiro atoms. The maximum absolute atomic E-state index is 12.9. The van der Waals surface area contributed by atoms with Crippen LogP contribution >= 0.6 is 15.9 Å². The van der Waals surface area contributed by atoms with Crippen molar-refractivity contribution in [2.75, 3.05) is 18.6 Å². The number of halogens is 1. The molecule has 4 amide bonds. The molecular formula is C21H17BrN2O5. The Morgan fingerprint density at radius 1 is 1.10 bits per heavy atom. The Morgan fingerprint density at radius 3 is 2.48 bits per heavy atom. The second-order valence-corrected chi connectivity index (χ2v) is 6.86. The van der Waals surface area contributed by atoms with Crippen LogP contribution in [0.5, 0.6) is 11.5 Å². The van der Waals surface area contributed by atoms with Crippen LogP contribution in [0, 0.1) is 0 Å². The molecule has 1 N–H and O–H groups in total. The lowest BCUT2D eigenvalue weighted by Crippen LogP contribution is -2.54. The summed E-state index contributed by atoms with van der Waals surface area (Å²) in [6.45, 7) is 3.90. The van der Waals surface area contributed by atoms with Crippen molar-refractivity contribution in [1.29, 1.82) is 0 Å². The normalized spacial score (nSPS) is 15.3. The highest BCUT2D eigenvalue weighted by atomic mass is 79.9. The Morgan fingerprint density at radius 2 is 1.83 bits per heavy atom. The van der Waals surface area contributed by atoms with Crippen LogP contribution in [0.2, 0.25) is 0 Å². The number of amides is 4. The first-order valence-corrected chi connectivity index (χ1v) is 9.32. The lowest BCUT2D eigenvalue weighted by molar-refractivity contribution is -0.122. The summed E-state index contributed by atoms with van der Waals surface area (Å²) >= 11 is 3.30. The van der Waals surface area contributed by atoms with Gasteiger partial charge >= 0.3 is 6.03 Å². The number of urea groups is 1. The lowest BCUT2D eigenvalue weighted by Gasteiger charge is -2.26. The van der Waals surface area contributed by atoms with Gasteiger partial charge in [-0.05, 0) is 48.0 Å². The fraction of sp³-hybridized carbons (Fsp3) is 0.0952. The SMILES string of the molecule is C=CCOc1ccc(/C=C2/C(=O)NC(=O)N(c3ccc(Br)cc3)C2=O)cc1OC. The first-order valence-electron chi connectivity index (χ1n) is 8.53. The molecular weight excluding hydrogens is 440 g/mol. The summed E-state index contributed by atoms with van der Waals surface area (Å²) in [5.74, 6) is -0.544. The van der Waals surface area contributed by atoms with Crippen LogP contribution in [0.15, 0.2) is 65.2 Å². The molecule has 0 unspecified atom stereocenters. The minimum Gasteiger partial charge on any atom is -0.493 e. The van der Waals surface area contributed by atoms with Gasteiger partial charge in [0, 0.05) is 4.47 Å². The van der Waals surface area contributed by atoms with Crippen molar-refractivity contribution in [3.05, 3.63) is 70.7 Å². The van der Waals surface area contributed by atoms with Gasteiger partial charge < -0.3 is 9.47 Å². The third kappa shape index (κ3) is 4.38. The van der Waals surface area contributed by atoms with Gasteiger partial charge in [0.25, 0.3) is 11.8 Å². The van der Waals surface area contributed by atoms with E-state index < -0.39 is 17.8 Å². The fourth-order valence-electron chi connectivity index (χ4n) is 2.69. The van der Waals surface area contributed by atoms with Crippen LogP contribution < -0.4 is 19.7 Å². The standard InChI is InChI=1S/C21H17BrN2O5/c1-3-10-29-17-9-4-13(12-18(17)28-2)11-16-19(25)23-21(27)24(20(16)26)15-7-5-14(22)6-8-15/h3-9,11-12H,1,10H2,2H3,(H,23,25,27)/b16-11-. The van der Waals surface area contributed by atoms with E-state index in [1.54, 1.807) is 48.5 Å². The van der Waals surface area contributed by atoms with E-state index in [1.807, 2.05) is 0 Å². The Hall–Kier alpha value is -3.39. The van der Waals surface area contributed by atoms with Gasteiger partial charge in [0.2, 0.25) is 0 Å². The van der Waals surface area contributed by atoms with Crippen molar-refractivity contribution in [3.63, 3.8) is 0 Å². The molecule has 1 aliphatic rings. The number of benzene rings is 2. The number of ether oxygens (including phenoxy) is 2. The smallest absolute Gasteiger partial charge is 0.335 e. The monoisotopic (exact) mass is 456 g/mol. The zero-order chi connectivity index (χ0) is 21.0. The summed E-state index contributed by atoms with van der Waals surface area (Å²) in [6, 6.07) is 10.8. The van der Waals surface area contributed by atoms with E-state index in [2.05, 4.69) is 27.8 Å². The third-order valence-electron chi connectivity index (χ3n) is 4.04. The summed E-state index contributed by atoms with van der Waals surface area (Å²) in [4.78, 5) is 38.3. The Bertz CT molecular complexity index is 1010. The fourth-order valence-corrected chi connectivity index (χ4v) is 2.96. The van der Waals surface area contributed by atoms with Crippen molar-refractivity contribution < 1.29 is 23.9 Å². The summed E-state index contributed by atoms with van der Waals surface area (Å²) in [7, 11) is 1.49. The van der Waals surface area contributed by atoms with E-state index in [9.17, 15) is 14.4 Å². The predicted molar refractivity (Wildman–Crippen MR) is 112 cm³/mol. The molecule has 0 aromatic heterocycles. The summed E-state index contributed by atoms with van der Waals surface area (Å²) in [5, 5.41) is 2.19.